The van der Waals surface area contributed by atoms with Gasteiger partial charge >= 0.3 is 0 Å². The number of carbonyl (C=O) groups is 2. The van der Waals surface area contributed by atoms with Crippen molar-refractivity contribution in [2.45, 2.75) is 6.92 Å². The summed E-state index contributed by atoms with van der Waals surface area (Å²) in [7, 11) is 0. The topological polar surface area (TPSA) is 72.2 Å². The van der Waals surface area contributed by atoms with Gasteiger partial charge in [0, 0.05) is 5.69 Å². The van der Waals surface area contributed by atoms with Crippen molar-refractivity contribution in [1.82, 2.24) is 0 Å². The van der Waals surface area contributed by atoms with Gasteiger partial charge in [-0.1, -0.05) is 6.07 Å². The van der Waals surface area contributed by atoms with E-state index in [1.165, 1.54) is 0 Å². The molecule has 2 rings (SSSR count). The van der Waals surface area contributed by atoms with Crippen LogP contribution in [0, 0.1) is 6.92 Å². The molecule has 0 saturated heterocycles. The zero-order valence-electron chi connectivity index (χ0n) is 7.05. The molecule has 0 radical (unpaired) electrons. The van der Waals surface area contributed by atoms with Crippen molar-refractivity contribution in [3.63, 3.8) is 0 Å². The average molecular weight is 176 g/mol. The number of hydrogen-bond acceptors (Lipinski definition) is 3. The van der Waals surface area contributed by atoms with Crippen molar-refractivity contribution in [2.24, 2.45) is 0 Å². The van der Waals surface area contributed by atoms with E-state index in [1.54, 1.807) is 12.1 Å². The van der Waals surface area contributed by atoms with Gasteiger partial charge in [0.15, 0.2) is 0 Å². The van der Waals surface area contributed by atoms with Crippen LogP contribution in [0.3, 0.4) is 0 Å². The molecule has 66 valence electrons. The minimum atomic E-state index is -0.601. The summed E-state index contributed by atoms with van der Waals surface area (Å²) in [5, 5.41) is 2.49. The van der Waals surface area contributed by atoms with Crippen LogP contribution in [0.25, 0.3) is 0 Å². The number of benzene rings is 1. The molecule has 1 aromatic carbocycles. The Morgan fingerprint density at radius 2 is 2.00 bits per heavy atom. The Balaban J connectivity index is 2.75. The Kier molecular flexibility index (Phi) is 1.39. The van der Waals surface area contributed by atoms with Crippen LogP contribution in [0.5, 0.6) is 0 Å². The fourth-order valence-electron chi connectivity index (χ4n) is 1.41. The number of carbonyl (C=O) groups excluding carboxylic acids is 2. The van der Waals surface area contributed by atoms with Gasteiger partial charge < -0.3 is 11.1 Å². The average Bonchev–Trinajstić information content (AvgIpc) is 2.38. The Bertz CT molecular complexity index is 424. The maximum absolute atomic E-state index is 11.3. The van der Waals surface area contributed by atoms with E-state index in [1.807, 2.05) is 6.92 Å². The minimum absolute atomic E-state index is 0.310. The van der Waals surface area contributed by atoms with Gasteiger partial charge in [-0.05, 0) is 18.6 Å². The van der Waals surface area contributed by atoms with E-state index >= 15 is 0 Å². The Morgan fingerprint density at radius 3 is 2.62 bits per heavy atom. The lowest BCUT2D eigenvalue weighted by Crippen LogP contribution is -2.13. The molecule has 0 saturated carbocycles. The largest absolute Gasteiger partial charge is 0.398 e. The first kappa shape index (κ1) is 7.79. The summed E-state index contributed by atoms with van der Waals surface area (Å²) >= 11 is 0. The Morgan fingerprint density at radius 1 is 1.31 bits per heavy atom. The molecule has 0 spiro atoms. The van der Waals surface area contributed by atoms with Crippen molar-refractivity contribution in [3.8, 4) is 0 Å². The van der Waals surface area contributed by atoms with Gasteiger partial charge in [-0.15, -0.1) is 0 Å². The number of rotatable bonds is 0. The molecule has 0 aromatic heterocycles. The lowest BCUT2D eigenvalue weighted by atomic mass is 10.1. The number of aryl methyl sites for hydroxylation is 1. The van der Waals surface area contributed by atoms with Crippen LogP contribution in [-0.4, -0.2) is 11.7 Å². The second kappa shape index (κ2) is 2.32. The van der Waals surface area contributed by atoms with Gasteiger partial charge in [0.1, 0.15) is 0 Å². The van der Waals surface area contributed by atoms with Gasteiger partial charge in [0.05, 0.1) is 11.3 Å². The zero-order chi connectivity index (χ0) is 9.59. The number of hydrogen-bond donors (Lipinski definition) is 2. The van der Waals surface area contributed by atoms with Crippen LogP contribution in [-0.2, 0) is 4.79 Å². The van der Waals surface area contributed by atoms with Gasteiger partial charge in [-0.2, -0.15) is 0 Å². The van der Waals surface area contributed by atoms with E-state index in [-0.39, 0.29) is 0 Å². The molecule has 0 fully saturated rings. The summed E-state index contributed by atoms with van der Waals surface area (Å²) in [4.78, 5) is 22.3. The summed E-state index contributed by atoms with van der Waals surface area (Å²) in [6.07, 6.45) is 0. The normalized spacial score (nSPS) is 14.2. The molecule has 1 amide bonds. The predicted octanol–water partition coefficient (Wildman–Crippen LogP) is 0.712. The third kappa shape index (κ3) is 0.917. The van der Waals surface area contributed by atoms with Crippen LogP contribution in [0.1, 0.15) is 15.9 Å². The fraction of sp³-hybridized carbons (Fsp3) is 0.111. The van der Waals surface area contributed by atoms with E-state index in [2.05, 4.69) is 5.32 Å². The molecule has 1 aliphatic rings. The second-order valence-electron chi connectivity index (χ2n) is 3.00. The molecule has 0 bridgehead atoms. The van der Waals surface area contributed by atoms with Gasteiger partial charge in [-0.25, -0.2) is 0 Å². The minimum Gasteiger partial charge on any atom is -0.398 e. The first-order chi connectivity index (χ1) is 6.11. The first-order valence-corrected chi connectivity index (χ1v) is 3.86. The molecule has 3 N–H and O–H groups in total. The molecule has 0 atom stereocenters. The van der Waals surface area contributed by atoms with Gasteiger partial charge in [0.25, 0.3) is 11.7 Å². The van der Waals surface area contributed by atoms with E-state index in [9.17, 15) is 9.59 Å². The maximum atomic E-state index is 11.3. The summed E-state index contributed by atoms with van der Waals surface area (Å²) < 4.78 is 0. The van der Waals surface area contributed by atoms with Crippen LogP contribution in [0.2, 0.25) is 0 Å². The standard InChI is InChI=1S/C9H8N2O2/c1-4-2-3-5(10)6-7(4)11-9(13)8(6)12/h2-3H,10H2,1H3,(H,11,12,13). The number of Topliss-reactive ketones (excluding diaryl/α,β-unsaturated/α-hetero) is 1. The predicted molar refractivity (Wildman–Crippen MR) is 48.6 cm³/mol. The van der Waals surface area contributed by atoms with Crippen molar-refractivity contribution >= 4 is 23.1 Å². The van der Waals surface area contributed by atoms with Crippen molar-refractivity contribution in [1.29, 1.82) is 0 Å². The Labute approximate surface area is 74.7 Å². The van der Waals surface area contributed by atoms with Crippen LogP contribution in [0.4, 0.5) is 11.4 Å². The van der Waals surface area contributed by atoms with Crippen molar-refractivity contribution in [2.75, 3.05) is 11.1 Å². The highest BCUT2D eigenvalue weighted by Gasteiger charge is 2.30. The highest BCUT2D eigenvalue weighted by molar-refractivity contribution is 6.52. The van der Waals surface area contributed by atoms with Crippen LogP contribution < -0.4 is 11.1 Å². The van der Waals surface area contributed by atoms with E-state index in [4.69, 9.17) is 5.73 Å². The third-order valence-electron chi connectivity index (χ3n) is 2.12. The number of amides is 1. The lowest BCUT2D eigenvalue weighted by Gasteiger charge is -2.03. The molecular formula is C9H8N2O2. The number of anilines is 2. The lowest BCUT2D eigenvalue weighted by molar-refractivity contribution is -0.112. The molecule has 1 aromatic rings. The summed E-state index contributed by atoms with van der Waals surface area (Å²) in [5.41, 5.74) is 7.64. The molecular weight excluding hydrogens is 168 g/mol. The summed E-state index contributed by atoms with van der Waals surface area (Å²) in [5.74, 6) is -1.15. The SMILES string of the molecule is Cc1ccc(N)c2c1NC(=O)C2=O. The molecule has 4 heteroatoms. The number of nitrogens with two attached hydrogens (primary N) is 1. The first-order valence-electron chi connectivity index (χ1n) is 3.86. The smallest absolute Gasteiger partial charge is 0.296 e. The summed E-state index contributed by atoms with van der Waals surface area (Å²) in [6, 6.07) is 3.40. The highest BCUT2D eigenvalue weighted by atomic mass is 16.2. The number of ketones is 1. The van der Waals surface area contributed by atoms with E-state index in [0.29, 0.717) is 16.9 Å². The molecule has 13 heavy (non-hydrogen) atoms. The zero-order valence-corrected chi connectivity index (χ0v) is 7.05. The fourth-order valence-corrected chi connectivity index (χ4v) is 1.41. The third-order valence-corrected chi connectivity index (χ3v) is 2.12. The number of nitrogen functional groups attached to an aromatic ring is 1. The molecule has 0 unspecified atom stereocenters. The maximum Gasteiger partial charge on any atom is 0.296 e. The van der Waals surface area contributed by atoms with Crippen molar-refractivity contribution < 1.29 is 9.59 Å². The second-order valence-corrected chi connectivity index (χ2v) is 3.00. The Hall–Kier alpha value is -1.84. The molecule has 4 nitrogen and oxygen atoms in total. The van der Waals surface area contributed by atoms with Crippen molar-refractivity contribution in [3.05, 3.63) is 23.3 Å². The van der Waals surface area contributed by atoms with E-state index < -0.39 is 11.7 Å². The monoisotopic (exact) mass is 176 g/mol. The van der Waals surface area contributed by atoms with Crippen LogP contribution >= 0.6 is 0 Å². The molecule has 1 aliphatic heterocycles. The van der Waals surface area contributed by atoms with Crippen LogP contribution in [0.15, 0.2) is 12.1 Å². The summed E-state index contributed by atoms with van der Waals surface area (Å²) in [6.45, 7) is 1.82. The molecule has 1 heterocycles. The van der Waals surface area contributed by atoms with Gasteiger partial charge in [0.2, 0.25) is 0 Å². The number of nitrogens with one attached hydrogen (secondary N) is 1. The quantitative estimate of drug-likeness (QED) is 0.451. The number of fused-ring (bicyclic) bond motifs is 1. The molecule has 0 aliphatic carbocycles. The highest BCUT2D eigenvalue weighted by Crippen LogP contribution is 2.31. The van der Waals surface area contributed by atoms with E-state index in [0.717, 1.165) is 5.56 Å². The van der Waals surface area contributed by atoms with Gasteiger partial charge in [-0.3, -0.25) is 9.59 Å².